The summed E-state index contributed by atoms with van der Waals surface area (Å²) >= 11 is 0. The van der Waals surface area contributed by atoms with E-state index in [0.717, 1.165) is 0 Å². The van der Waals surface area contributed by atoms with Crippen molar-refractivity contribution in [1.82, 2.24) is 0 Å². The number of fused-ring (bicyclic) bond motifs is 3. The molecule has 0 aliphatic carbocycles. The Bertz CT molecular complexity index is 524. The summed E-state index contributed by atoms with van der Waals surface area (Å²) in [6.07, 6.45) is 0. The quantitative estimate of drug-likeness (QED) is 0.273. The van der Waals surface area contributed by atoms with E-state index in [1.807, 2.05) is 0 Å². The van der Waals surface area contributed by atoms with Crippen LogP contribution in [0.15, 0.2) is 54.6 Å². The van der Waals surface area contributed by atoms with Gasteiger partial charge in [-0.1, -0.05) is 36.4 Å². The van der Waals surface area contributed by atoms with Crippen molar-refractivity contribution in [3.63, 3.8) is 0 Å². The molecule has 4 heteroatoms. The van der Waals surface area contributed by atoms with Crippen molar-refractivity contribution in [3.05, 3.63) is 54.6 Å². The molecule has 86 valence electrons. The molecule has 0 fully saturated rings. The Balaban J connectivity index is 0. The normalized spacial score (nSPS) is 8.47. The number of hydrogen-bond donors (Lipinski definition) is 0. The van der Waals surface area contributed by atoms with Crippen LogP contribution in [0.1, 0.15) is 0 Å². The summed E-state index contributed by atoms with van der Waals surface area (Å²) in [5.41, 5.74) is 0. The minimum atomic E-state index is 0. The molecule has 0 heterocycles. The van der Waals surface area contributed by atoms with Crippen LogP contribution in [0.25, 0.3) is 21.5 Å². The van der Waals surface area contributed by atoms with Gasteiger partial charge >= 0.3 is 26.2 Å². The smallest absolute Gasteiger partial charge is 1.00 e. The zero-order valence-corrected chi connectivity index (χ0v) is 16.0. The first kappa shape index (κ1) is 20.0. The summed E-state index contributed by atoms with van der Waals surface area (Å²) in [5.74, 6) is 0. The van der Waals surface area contributed by atoms with Crippen molar-refractivity contribution in [1.29, 1.82) is 0 Å². The van der Waals surface area contributed by atoms with Crippen LogP contribution in [-0.2, 0) is 26.2 Å². The molecular weight excluding hydrogens is 487 g/mol. The zero-order chi connectivity index (χ0) is 8.67. The molecule has 0 radical (unpaired) electrons. The summed E-state index contributed by atoms with van der Waals surface area (Å²) in [6.45, 7) is 0. The first-order valence-electron chi connectivity index (χ1n) is 4.48. The van der Waals surface area contributed by atoms with Crippen LogP contribution in [0.5, 0.6) is 0 Å². The molecule has 0 atom stereocenters. The second kappa shape index (κ2) is 8.69. The van der Waals surface area contributed by atoms with Gasteiger partial charge in [-0.3, -0.25) is 0 Å². The fourth-order valence-electron chi connectivity index (χ4n) is 1.90. The van der Waals surface area contributed by atoms with Crippen molar-refractivity contribution in [2.24, 2.45) is 0 Å². The number of hydrogen-bond acceptors (Lipinski definition) is 0. The molecule has 0 spiro atoms. The Morgan fingerprint density at radius 1 is 0.588 bits per heavy atom. The molecule has 17 heavy (non-hydrogen) atoms. The van der Waals surface area contributed by atoms with Gasteiger partial charge in [-0.15, -0.1) is 39.7 Å². The standard InChI is InChI=1S/C13H9.3BrH.Zr/c1-3-7-12-10(5-1)9-11-6-2-4-8-13(11)12;;;;/h1-9H;3*1H;/q-1;;;;+4/p-3. The first-order chi connectivity index (χ1) is 6.45. The zero-order valence-electron chi connectivity index (χ0n) is 8.83. The molecule has 0 nitrogen and oxygen atoms in total. The summed E-state index contributed by atoms with van der Waals surface area (Å²) in [7, 11) is 0. The van der Waals surface area contributed by atoms with Crippen molar-refractivity contribution < 1.29 is 77.1 Å². The predicted molar refractivity (Wildman–Crippen MR) is 57.0 cm³/mol. The van der Waals surface area contributed by atoms with Crippen molar-refractivity contribution in [2.45, 2.75) is 0 Å². The van der Waals surface area contributed by atoms with E-state index in [1.165, 1.54) is 21.5 Å². The Morgan fingerprint density at radius 2 is 0.941 bits per heavy atom. The molecule has 0 bridgehead atoms. The van der Waals surface area contributed by atoms with Gasteiger partial charge in [-0.25, -0.2) is 0 Å². The van der Waals surface area contributed by atoms with Crippen LogP contribution in [0, 0.1) is 0 Å². The molecule has 0 amide bonds. The van der Waals surface area contributed by atoms with E-state index in [0.29, 0.717) is 0 Å². The Labute approximate surface area is 152 Å². The molecule has 0 saturated carbocycles. The molecule has 3 aromatic carbocycles. The molecule has 3 rings (SSSR count). The summed E-state index contributed by atoms with van der Waals surface area (Å²) < 4.78 is 0. The fraction of sp³-hybridized carbons (Fsp3) is 0. The topological polar surface area (TPSA) is 0 Å². The predicted octanol–water partition coefficient (Wildman–Crippen LogP) is -5.28. The molecule has 0 aromatic heterocycles. The van der Waals surface area contributed by atoms with Crippen LogP contribution in [0.4, 0.5) is 0 Å². The van der Waals surface area contributed by atoms with E-state index >= 15 is 0 Å². The monoisotopic (exact) mass is 492 g/mol. The van der Waals surface area contributed by atoms with Crippen LogP contribution in [0.3, 0.4) is 0 Å². The van der Waals surface area contributed by atoms with Gasteiger partial charge in [0.2, 0.25) is 0 Å². The molecule has 0 aliphatic heterocycles. The van der Waals surface area contributed by atoms with Gasteiger partial charge in [0.05, 0.1) is 0 Å². The number of halogens is 3. The van der Waals surface area contributed by atoms with Crippen LogP contribution >= 0.6 is 0 Å². The SMILES string of the molecule is [Br-].[Br-].[Br-].[Zr+4].c1ccc2c(c1)[cH-]c1ccccc12. The van der Waals surface area contributed by atoms with E-state index in [9.17, 15) is 0 Å². The number of rotatable bonds is 0. The first-order valence-corrected chi connectivity index (χ1v) is 4.48. The maximum Gasteiger partial charge on any atom is 4.00 e. The van der Waals surface area contributed by atoms with E-state index in [2.05, 4.69) is 54.6 Å². The van der Waals surface area contributed by atoms with E-state index in [4.69, 9.17) is 0 Å². The van der Waals surface area contributed by atoms with Crippen molar-refractivity contribution >= 4 is 21.5 Å². The van der Waals surface area contributed by atoms with E-state index in [-0.39, 0.29) is 77.1 Å². The molecule has 0 unspecified atom stereocenters. The largest absolute Gasteiger partial charge is 4.00 e. The van der Waals surface area contributed by atoms with Crippen LogP contribution in [-0.4, -0.2) is 0 Å². The Hall–Kier alpha value is 0.633. The third-order valence-corrected chi connectivity index (χ3v) is 2.52. The third-order valence-electron chi connectivity index (χ3n) is 2.52. The molecule has 0 N–H and O–H groups in total. The van der Waals surface area contributed by atoms with Gasteiger partial charge in [0, 0.05) is 0 Å². The average Bonchev–Trinajstić information content (AvgIpc) is 2.56. The molecular formula is C13H9Br3Zr. The van der Waals surface area contributed by atoms with E-state index in [1.54, 1.807) is 0 Å². The van der Waals surface area contributed by atoms with Crippen LogP contribution in [0.2, 0.25) is 0 Å². The summed E-state index contributed by atoms with van der Waals surface area (Å²) in [4.78, 5) is 0. The van der Waals surface area contributed by atoms with Gasteiger partial charge in [0.1, 0.15) is 0 Å². The molecule has 0 aliphatic rings. The minimum Gasteiger partial charge on any atom is -1.00 e. The third kappa shape index (κ3) is 3.80. The average molecular weight is 496 g/mol. The fourth-order valence-corrected chi connectivity index (χ4v) is 1.90. The Kier molecular flexibility index (Phi) is 10.2. The maximum atomic E-state index is 2.24. The van der Waals surface area contributed by atoms with Gasteiger partial charge in [-0.2, -0.15) is 0 Å². The van der Waals surface area contributed by atoms with Crippen LogP contribution < -0.4 is 50.9 Å². The summed E-state index contributed by atoms with van der Waals surface area (Å²) in [6, 6.07) is 19.3. The van der Waals surface area contributed by atoms with Crippen molar-refractivity contribution in [2.75, 3.05) is 0 Å². The second-order valence-electron chi connectivity index (χ2n) is 3.32. The molecule has 3 aromatic rings. The van der Waals surface area contributed by atoms with Gasteiger partial charge < -0.3 is 50.9 Å². The maximum absolute atomic E-state index is 2.24. The summed E-state index contributed by atoms with van der Waals surface area (Å²) in [5, 5.41) is 5.39. The van der Waals surface area contributed by atoms with Gasteiger partial charge in [0.25, 0.3) is 0 Å². The molecule has 0 saturated heterocycles. The Morgan fingerprint density at radius 3 is 1.35 bits per heavy atom. The second-order valence-corrected chi connectivity index (χ2v) is 3.32. The minimum absolute atomic E-state index is 0. The van der Waals surface area contributed by atoms with Gasteiger partial charge in [0.15, 0.2) is 0 Å². The van der Waals surface area contributed by atoms with E-state index < -0.39 is 0 Å². The van der Waals surface area contributed by atoms with Gasteiger partial charge in [-0.05, 0) is 0 Å². The number of benzene rings is 2. The van der Waals surface area contributed by atoms with Crippen molar-refractivity contribution in [3.8, 4) is 0 Å².